The van der Waals surface area contributed by atoms with Gasteiger partial charge in [0.25, 0.3) is 0 Å². The highest BCUT2D eigenvalue weighted by molar-refractivity contribution is 7.16. The van der Waals surface area contributed by atoms with Crippen molar-refractivity contribution in [3.8, 4) is 0 Å². The molecule has 2 aromatic heterocycles. The van der Waals surface area contributed by atoms with Gasteiger partial charge in [-0.2, -0.15) is 0 Å². The topological polar surface area (TPSA) is 36.4 Å². The van der Waals surface area contributed by atoms with Crippen LogP contribution in [-0.4, -0.2) is 17.1 Å². The van der Waals surface area contributed by atoms with Crippen molar-refractivity contribution in [3.63, 3.8) is 0 Å². The quantitative estimate of drug-likeness (QED) is 0.938. The zero-order chi connectivity index (χ0) is 13.1. The third-order valence-corrected chi connectivity index (χ3v) is 3.72. The Morgan fingerprint density at radius 1 is 1.44 bits per heavy atom. The van der Waals surface area contributed by atoms with E-state index in [9.17, 15) is 4.39 Å². The molecule has 2 rings (SSSR count). The van der Waals surface area contributed by atoms with Crippen molar-refractivity contribution in [2.24, 2.45) is 0 Å². The van der Waals surface area contributed by atoms with E-state index in [1.807, 2.05) is 12.1 Å². The standard InChI is InChI=1S/C12H12ClFN2OS/c1-16(6-9-2-3-10(13)18-9)12-11(14)8(7-17)4-5-15-12/h2-5,17H,6-7H2,1H3. The second-order valence-electron chi connectivity index (χ2n) is 3.83. The molecule has 2 heterocycles. The maximum absolute atomic E-state index is 13.9. The SMILES string of the molecule is CN(Cc1ccc(Cl)s1)c1nccc(CO)c1F. The Morgan fingerprint density at radius 3 is 2.83 bits per heavy atom. The zero-order valence-corrected chi connectivity index (χ0v) is 11.3. The average Bonchev–Trinajstić information content (AvgIpc) is 2.75. The van der Waals surface area contributed by atoms with E-state index in [0.29, 0.717) is 10.9 Å². The van der Waals surface area contributed by atoms with E-state index in [4.69, 9.17) is 16.7 Å². The number of thiophene rings is 1. The Kier molecular flexibility index (Phi) is 4.16. The number of aliphatic hydroxyl groups excluding tert-OH is 1. The van der Waals surface area contributed by atoms with Crippen molar-refractivity contribution >= 4 is 28.8 Å². The molecule has 0 aromatic carbocycles. The number of anilines is 1. The van der Waals surface area contributed by atoms with Gasteiger partial charge >= 0.3 is 0 Å². The molecule has 0 saturated heterocycles. The van der Waals surface area contributed by atoms with Gasteiger partial charge in [-0.15, -0.1) is 11.3 Å². The number of pyridine rings is 1. The molecule has 0 unspecified atom stereocenters. The first-order valence-corrected chi connectivity index (χ1v) is 6.51. The van der Waals surface area contributed by atoms with Crippen molar-refractivity contribution in [1.82, 2.24) is 4.98 Å². The molecule has 0 radical (unpaired) electrons. The lowest BCUT2D eigenvalue weighted by molar-refractivity contribution is 0.275. The van der Waals surface area contributed by atoms with Gasteiger partial charge < -0.3 is 10.0 Å². The smallest absolute Gasteiger partial charge is 0.171 e. The largest absolute Gasteiger partial charge is 0.392 e. The van der Waals surface area contributed by atoms with E-state index in [2.05, 4.69) is 4.98 Å². The molecule has 0 atom stereocenters. The van der Waals surface area contributed by atoms with Crippen LogP contribution in [-0.2, 0) is 13.2 Å². The summed E-state index contributed by atoms with van der Waals surface area (Å²) in [5, 5.41) is 9.02. The van der Waals surface area contributed by atoms with Gasteiger partial charge in [-0.3, -0.25) is 0 Å². The number of nitrogens with zero attached hydrogens (tertiary/aromatic N) is 2. The summed E-state index contributed by atoms with van der Waals surface area (Å²) in [5.41, 5.74) is 0.246. The summed E-state index contributed by atoms with van der Waals surface area (Å²) in [5.74, 6) is -0.253. The lowest BCUT2D eigenvalue weighted by Gasteiger charge is -2.18. The summed E-state index contributed by atoms with van der Waals surface area (Å²) in [7, 11) is 1.75. The molecule has 0 saturated carbocycles. The van der Waals surface area contributed by atoms with Crippen LogP contribution in [0, 0.1) is 5.82 Å². The molecule has 0 bridgehead atoms. The van der Waals surface area contributed by atoms with Crippen LogP contribution >= 0.6 is 22.9 Å². The first-order valence-electron chi connectivity index (χ1n) is 5.31. The van der Waals surface area contributed by atoms with Crippen LogP contribution in [0.1, 0.15) is 10.4 Å². The zero-order valence-electron chi connectivity index (χ0n) is 9.73. The molecule has 1 N–H and O–H groups in total. The van der Waals surface area contributed by atoms with Gasteiger partial charge in [0.1, 0.15) is 0 Å². The van der Waals surface area contributed by atoms with Crippen molar-refractivity contribution in [2.75, 3.05) is 11.9 Å². The molecule has 0 amide bonds. The van der Waals surface area contributed by atoms with E-state index >= 15 is 0 Å². The third-order valence-electron chi connectivity index (χ3n) is 2.50. The van der Waals surface area contributed by atoms with E-state index in [0.717, 1.165) is 4.88 Å². The fourth-order valence-corrected chi connectivity index (χ4v) is 2.75. The molecular weight excluding hydrogens is 275 g/mol. The van der Waals surface area contributed by atoms with Crippen LogP contribution in [0.3, 0.4) is 0 Å². The molecule has 0 fully saturated rings. The van der Waals surface area contributed by atoms with Crippen LogP contribution in [0.5, 0.6) is 0 Å². The molecule has 2 aromatic rings. The van der Waals surface area contributed by atoms with Crippen molar-refractivity contribution in [1.29, 1.82) is 0 Å². The van der Waals surface area contributed by atoms with Gasteiger partial charge in [-0.1, -0.05) is 11.6 Å². The Hall–Kier alpha value is -1.17. The molecule has 18 heavy (non-hydrogen) atoms. The first-order chi connectivity index (χ1) is 8.61. The molecule has 0 aliphatic heterocycles. The molecule has 96 valence electrons. The first kappa shape index (κ1) is 13.3. The van der Waals surface area contributed by atoms with Crippen LogP contribution in [0.2, 0.25) is 4.34 Å². The minimum absolute atomic E-state index is 0.228. The van der Waals surface area contributed by atoms with Crippen LogP contribution in [0.25, 0.3) is 0 Å². The van der Waals surface area contributed by atoms with Gasteiger partial charge in [0.2, 0.25) is 0 Å². The van der Waals surface area contributed by atoms with E-state index in [1.54, 1.807) is 11.9 Å². The molecule has 3 nitrogen and oxygen atoms in total. The Bertz CT molecular complexity index is 547. The highest BCUT2D eigenvalue weighted by Gasteiger charge is 2.13. The minimum atomic E-state index is -0.481. The molecular formula is C12H12ClFN2OS. The van der Waals surface area contributed by atoms with Gasteiger partial charge in [0.15, 0.2) is 11.6 Å². The highest BCUT2D eigenvalue weighted by atomic mass is 35.5. The summed E-state index contributed by atoms with van der Waals surface area (Å²) in [6.07, 6.45) is 1.49. The lowest BCUT2D eigenvalue weighted by Crippen LogP contribution is -2.19. The summed E-state index contributed by atoms with van der Waals surface area (Å²) in [6.45, 7) is 0.191. The monoisotopic (exact) mass is 286 g/mol. The summed E-state index contributed by atoms with van der Waals surface area (Å²) >= 11 is 7.30. The number of rotatable bonds is 4. The van der Waals surface area contributed by atoms with Gasteiger partial charge in [-0.25, -0.2) is 9.37 Å². The lowest BCUT2D eigenvalue weighted by atomic mass is 10.2. The van der Waals surface area contributed by atoms with Crippen molar-refractivity contribution in [2.45, 2.75) is 13.2 Å². The second kappa shape index (κ2) is 5.65. The fraction of sp³-hybridized carbons (Fsp3) is 0.250. The van der Waals surface area contributed by atoms with Crippen LogP contribution in [0.4, 0.5) is 10.2 Å². The van der Waals surface area contributed by atoms with Gasteiger partial charge in [0, 0.05) is 23.7 Å². The summed E-state index contributed by atoms with van der Waals surface area (Å²) in [6, 6.07) is 5.18. The molecule has 0 aliphatic carbocycles. The number of hydrogen-bond donors (Lipinski definition) is 1. The normalized spacial score (nSPS) is 10.7. The highest BCUT2D eigenvalue weighted by Crippen LogP contribution is 2.25. The number of halogens is 2. The Morgan fingerprint density at radius 2 is 2.22 bits per heavy atom. The number of aromatic nitrogens is 1. The summed E-state index contributed by atoms with van der Waals surface area (Å²) < 4.78 is 14.6. The van der Waals surface area contributed by atoms with Gasteiger partial charge in [-0.05, 0) is 18.2 Å². The molecule has 6 heteroatoms. The minimum Gasteiger partial charge on any atom is -0.392 e. The third kappa shape index (κ3) is 2.80. The fourth-order valence-electron chi connectivity index (χ4n) is 1.60. The van der Waals surface area contributed by atoms with Crippen molar-refractivity contribution < 1.29 is 9.50 Å². The number of aliphatic hydroxyl groups is 1. The Labute approximate surface area is 113 Å². The average molecular weight is 287 g/mol. The molecule has 0 aliphatic rings. The number of hydrogen-bond acceptors (Lipinski definition) is 4. The van der Waals surface area contributed by atoms with E-state index in [1.165, 1.54) is 23.6 Å². The van der Waals surface area contributed by atoms with Crippen LogP contribution in [0.15, 0.2) is 24.4 Å². The van der Waals surface area contributed by atoms with Crippen LogP contribution < -0.4 is 4.90 Å². The van der Waals surface area contributed by atoms with E-state index < -0.39 is 5.82 Å². The predicted molar refractivity (Wildman–Crippen MR) is 71.6 cm³/mol. The maximum atomic E-state index is 13.9. The summed E-state index contributed by atoms with van der Waals surface area (Å²) in [4.78, 5) is 6.72. The molecule has 0 spiro atoms. The maximum Gasteiger partial charge on any atom is 0.171 e. The van der Waals surface area contributed by atoms with Gasteiger partial charge in [0.05, 0.1) is 17.5 Å². The second-order valence-corrected chi connectivity index (χ2v) is 5.63. The predicted octanol–water partition coefficient (Wildman–Crippen LogP) is 3.06. The van der Waals surface area contributed by atoms with Crippen molar-refractivity contribution in [3.05, 3.63) is 45.0 Å². The Balaban J connectivity index is 2.21. The van der Waals surface area contributed by atoms with E-state index in [-0.39, 0.29) is 18.0 Å².